The number of nitrogens with one attached hydrogen (secondary N) is 1. The first-order valence-electron chi connectivity index (χ1n) is 5.59. The van der Waals surface area contributed by atoms with E-state index in [1.165, 1.54) is 11.3 Å². The minimum Gasteiger partial charge on any atom is -0.301 e. The van der Waals surface area contributed by atoms with E-state index in [1.54, 1.807) is 0 Å². The first-order valence-corrected chi connectivity index (χ1v) is 8.46. The molecule has 0 aliphatic rings. The highest BCUT2D eigenvalue weighted by atomic mass is 32.2. The summed E-state index contributed by atoms with van der Waals surface area (Å²) in [6.07, 6.45) is 1.65. The smallest absolute Gasteiger partial charge is 0.226 e. The molecule has 0 radical (unpaired) electrons. The molecule has 0 aromatic carbocycles. The van der Waals surface area contributed by atoms with E-state index < -0.39 is 9.84 Å². The third kappa shape index (κ3) is 5.54. The number of carbonyl (C=O) groups is 1. The number of amides is 1. The van der Waals surface area contributed by atoms with Gasteiger partial charge in [0.05, 0.1) is 5.75 Å². The molecule has 0 unspecified atom stereocenters. The van der Waals surface area contributed by atoms with Crippen molar-refractivity contribution in [3.05, 3.63) is 5.01 Å². The van der Waals surface area contributed by atoms with Gasteiger partial charge in [-0.15, -0.1) is 10.2 Å². The van der Waals surface area contributed by atoms with Gasteiger partial charge in [0.2, 0.25) is 11.0 Å². The van der Waals surface area contributed by atoms with Crippen molar-refractivity contribution < 1.29 is 13.2 Å². The van der Waals surface area contributed by atoms with Crippen LogP contribution in [-0.2, 0) is 14.6 Å². The Morgan fingerprint density at radius 3 is 2.56 bits per heavy atom. The fourth-order valence-electron chi connectivity index (χ4n) is 1.20. The Labute approximate surface area is 111 Å². The van der Waals surface area contributed by atoms with Gasteiger partial charge in [-0.05, 0) is 6.42 Å². The molecule has 18 heavy (non-hydrogen) atoms. The lowest BCUT2D eigenvalue weighted by molar-refractivity contribution is -0.116. The van der Waals surface area contributed by atoms with Crippen LogP contribution >= 0.6 is 11.3 Å². The first kappa shape index (κ1) is 15.0. The quantitative estimate of drug-likeness (QED) is 0.856. The van der Waals surface area contributed by atoms with Crippen molar-refractivity contribution in [2.45, 2.75) is 32.6 Å². The number of carbonyl (C=O) groups excluding carboxylic acids is 1. The molecule has 1 heterocycles. The molecule has 0 bridgehead atoms. The zero-order valence-electron chi connectivity index (χ0n) is 10.6. The molecular weight excluding hydrogens is 274 g/mol. The van der Waals surface area contributed by atoms with Gasteiger partial charge in [-0.3, -0.25) is 4.79 Å². The van der Waals surface area contributed by atoms with Crippen LogP contribution in [0, 0.1) is 0 Å². The number of anilines is 1. The Morgan fingerprint density at radius 1 is 1.39 bits per heavy atom. The van der Waals surface area contributed by atoms with Gasteiger partial charge in [0.25, 0.3) is 0 Å². The summed E-state index contributed by atoms with van der Waals surface area (Å²) in [4.78, 5) is 11.5. The van der Waals surface area contributed by atoms with Crippen molar-refractivity contribution in [1.29, 1.82) is 0 Å². The molecule has 0 saturated carbocycles. The Kier molecular flexibility index (Phi) is 5.21. The molecule has 1 aromatic heterocycles. The van der Waals surface area contributed by atoms with Gasteiger partial charge in [-0.25, -0.2) is 8.42 Å². The van der Waals surface area contributed by atoms with Gasteiger partial charge in [0.15, 0.2) is 0 Å². The summed E-state index contributed by atoms with van der Waals surface area (Å²) < 4.78 is 21.8. The van der Waals surface area contributed by atoms with Gasteiger partial charge >= 0.3 is 0 Å². The summed E-state index contributed by atoms with van der Waals surface area (Å²) in [7, 11) is -3.01. The van der Waals surface area contributed by atoms with E-state index in [9.17, 15) is 13.2 Å². The average Bonchev–Trinajstić information content (AvgIpc) is 2.64. The first-order chi connectivity index (χ1) is 8.28. The zero-order valence-corrected chi connectivity index (χ0v) is 12.3. The molecule has 102 valence electrons. The Balaban J connectivity index is 2.40. The Hall–Kier alpha value is -1.02. The molecule has 0 fully saturated rings. The monoisotopic (exact) mass is 291 g/mol. The van der Waals surface area contributed by atoms with Gasteiger partial charge in [0, 0.05) is 18.6 Å². The summed E-state index contributed by atoms with van der Waals surface area (Å²) in [6, 6.07) is 0. The van der Waals surface area contributed by atoms with Crippen LogP contribution < -0.4 is 5.32 Å². The zero-order chi connectivity index (χ0) is 13.8. The van der Waals surface area contributed by atoms with Crippen LogP contribution in [0.2, 0.25) is 0 Å². The predicted molar refractivity (Wildman–Crippen MR) is 71.6 cm³/mol. The van der Waals surface area contributed by atoms with Crippen LogP contribution in [-0.4, -0.2) is 36.5 Å². The molecular formula is C10H17N3O3S2. The topological polar surface area (TPSA) is 89.0 Å². The van der Waals surface area contributed by atoms with E-state index in [0.717, 1.165) is 11.3 Å². The van der Waals surface area contributed by atoms with Crippen molar-refractivity contribution >= 4 is 32.2 Å². The second-order valence-corrected chi connectivity index (χ2v) is 7.65. The highest BCUT2D eigenvalue weighted by molar-refractivity contribution is 7.90. The summed E-state index contributed by atoms with van der Waals surface area (Å²) in [6.45, 7) is 4.00. The van der Waals surface area contributed by atoms with Crippen LogP contribution in [0.15, 0.2) is 0 Å². The maximum Gasteiger partial charge on any atom is 0.226 e. The standard InChI is InChI=1S/C10H17N3O3S2/c1-7(2)9-12-13-10(17-9)11-8(14)5-4-6-18(3,15)16/h7H,4-6H2,1-3H3,(H,11,13,14). The van der Waals surface area contributed by atoms with Crippen molar-refractivity contribution in [1.82, 2.24) is 10.2 Å². The Morgan fingerprint density at radius 2 is 2.06 bits per heavy atom. The molecule has 1 N–H and O–H groups in total. The highest BCUT2D eigenvalue weighted by Gasteiger charge is 2.11. The van der Waals surface area contributed by atoms with Crippen LogP contribution in [0.4, 0.5) is 5.13 Å². The highest BCUT2D eigenvalue weighted by Crippen LogP contribution is 2.22. The minimum absolute atomic E-state index is 0.0216. The van der Waals surface area contributed by atoms with Gasteiger partial charge < -0.3 is 5.32 Å². The fourth-order valence-corrected chi connectivity index (χ4v) is 2.63. The number of rotatable bonds is 6. The molecule has 1 amide bonds. The van der Waals surface area contributed by atoms with Gasteiger partial charge in [0.1, 0.15) is 14.8 Å². The van der Waals surface area contributed by atoms with Gasteiger partial charge in [-0.1, -0.05) is 25.2 Å². The van der Waals surface area contributed by atoms with Crippen LogP contribution in [0.5, 0.6) is 0 Å². The normalized spacial score (nSPS) is 11.8. The van der Waals surface area contributed by atoms with Crippen LogP contribution in [0.3, 0.4) is 0 Å². The number of hydrogen-bond acceptors (Lipinski definition) is 6. The molecule has 0 aliphatic carbocycles. The SMILES string of the molecule is CC(C)c1nnc(NC(=O)CCCS(C)(=O)=O)s1. The van der Waals surface area contributed by atoms with Gasteiger partial charge in [-0.2, -0.15) is 0 Å². The lowest BCUT2D eigenvalue weighted by atomic mass is 10.2. The molecule has 0 saturated heterocycles. The third-order valence-corrected chi connectivity index (χ3v) is 4.27. The van der Waals surface area contributed by atoms with E-state index >= 15 is 0 Å². The Bertz CT molecular complexity index is 508. The molecule has 0 aliphatic heterocycles. The number of nitrogens with zero attached hydrogens (tertiary/aromatic N) is 2. The number of aromatic nitrogens is 2. The van der Waals surface area contributed by atoms with E-state index in [0.29, 0.717) is 11.6 Å². The number of hydrogen-bond donors (Lipinski definition) is 1. The average molecular weight is 291 g/mol. The van der Waals surface area contributed by atoms with Crippen LogP contribution in [0.1, 0.15) is 37.6 Å². The third-order valence-electron chi connectivity index (χ3n) is 2.10. The van der Waals surface area contributed by atoms with Crippen LogP contribution in [0.25, 0.3) is 0 Å². The minimum atomic E-state index is -3.01. The molecule has 1 aromatic rings. The summed E-state index contributed by atoms with van der Waals surface area (Å²) in [5.74, 6) is 0.0665. The lowest BCUT2D eigenvalue weighted by Crippen LogP contribution is -2.13. The van der Waals surface area contributed by atoms with E-state index in [4.69, 9.17) is 0 Å². The maximum absolute atomic E-state index is 11.5. The van der Waals surface area contributed by atoms with E-state index in [-0.39, 0.29) is 24.0 Å². The van der Waals surface area contributed by atoms with E-state index in [2.05, 4.69) is 15.5 Å². The van der Waals surface area contributed by atoms with Crippen molar-refractivity contribution in [2.75, 3.05) is 17.3 Å². The number of sulfone groups is 1. The second kappa shape index (κ2) is 6.24. The fraction of sp³-hybridized carbons (Fsp3) is 0.700. The summed E-state index contributed by atoms with van der Waals surface area (Å²) in [5, 5.41) is 11.7. The predicted octanol–water partition coefficient (Wildman–Crippen LogP) is 1.42. The van der Waals surface area contributed by atoms with Crippen molar-refractivity contribution in [3.8, 4) is 0 Å². The maximum atomic E-state index is 11.5. The van der Waals surface area contributed by atoms with E-state index in [1.807, 2.05) is 13.8 Å². The molecule has 0 atom stereocenters. The molecule has 0 spiro atoms. The largest absolute Gasteiger partial charge is 0.301 e. The van der Waals surface area contributed by atoms with Crippen molar-refractivity contribution in [2.24, 2.45) is 0 Å². The van der Waals surface area contributed by atoms with Crippen molar-refractivity contribution in [3.63, 3.8) is 0 Å². The summed E-state index contributed by atoms with van der Waals surface area (Å²) >= 11 is 1.34. The summed E-state index contributed by atoms with van der Waals surface area (Å²) in [5.41, 5.74) is 0. The molecule has 6 nitrogen and oxygen atoms in total. The lowest BCUT2D eigenvalue weighted by Gasteiger charge is -2.00. The molecule has 8 heteroatoms. The second-order valence-electron chi connectivity index (χ2n) is 4.38. The molecule has 1 rings (SSSR count).